The van der Waals surface area contributed by atoms with Crippen molar-refractivity contribution < 1.29 is 33.4 Å². The molecule has 2 saturated heterocycles. The lowest BCUT2D eigenvalue weighted by molar-refractivity contribution is -0.191. The van der Waals surface area contributed by atoms with E-state index in [1.807, 2.05) is 82.3 Å². The first kappa shape index (κ1) is 37.1. The molecular formula is C40H48N4O7. The lowest BCUT2D eigenvalue weighted by Crippen LogP contribution is -2.73. The largest absolute Gasteiger partial charge is 0.469 e. The molecule has 0 radical (unpaired) electrons. The van der Waals surface area contributed by atoms with Crippen LogP contribution in [-0.2, 0) is 25.7 Å². The molecular weight excluding hydrogens is 648 g/mol. The molecule has 270 valence electrons. The van der Waals surface area contributed by atoms with E-state index in [0.717, 1.165) is 28.0 Å². The Kier molecular flexibility index (Phi) is 12.1. The molecule has 0 saturated carbocycles. The van der Waals surface area contributed by atoms with Gasteiger partial charge in [0.1, 0.15) is 17.2 Å². The van der Waals surface area contributed by atoms with Gasteiger partial charge in [0.15, 0.2) is 12.8 Å². The Bertz CT molecular complexity index is 1690. The Balaban J connectivity index is 1.18. The lowest BCUT2D eigenvalue weighted by atomic mass is 9.72. The van der Waals surface area contributed by atoms with E-state index in [2.05, 4.69) is 10.6 Å². The number of ether oxygens (including phenoxy) is 2. The van der Waals surface area contributed by atoms with Crippen molar-refractivity contribution in [2.45, 2.75) is 91.1 Å². The van der Waals surface area contributed by atoms with Crippen molar-refractivity contribution in [3.05, 3.63) is 101 Å². The van der Waals surface area contributed by atoms with Crippen molar-refractivity contribution in [2.24, 2.45) is 5.41 Å². The molecule has 2 N–H and O–H groups in total. The summed E-state index contributed by atoms with van der Waals surface area (Å²) in [5, 5.41) is 5.94. The maximum atomic E-state index is 13.6. The quantitative estimate of drug-likeness (QED) is 0.155. The molecule has 2 heterocycles. The summed E-state index contributed by atoms with van der Waals surface area (Å²) in [6.07, 6.45) is 2.90. The predicted octanol–water partition coefficient (Wildman–Crippen LogP) is 6.06. The van der Waals surface area contributed by atoms with Gasteiger partial charge in [0.05, 0.1) is 11.6 Å². The number of nitrogens with zero attached hydrogens (tertiary/aromatic N) is 2. The third-order valence-corrected chi connectivity index (χ3v) is 10.0. The fraction of sp³-hybridized carbons (Fsp3) is 0.425. The van der Waals surface area contributed by atoms with Crippen LogP contribution in [0.5, 0.6) is 5.75 Å². The van der Waals surface area contributed by atoms with Crippen LogP contribution >= 0.6 is 0 Å². The number of rotatable bonds is 14. The molecule has 3 aromatic carbocycles. The molecule has 3 atom stereocenters. The normalized spacial score (nSPS) is 18.4. The van der Waals surface area contributed by atoms with E-state index in [0.29, 0.717) is 50.9 Å². The van der Waals surface area contributed by atoms with Gasteiger partial charge in [-0.3, -0.25) is 14.4 Å². The Hall–Kier alpha value is -5.19. The molecule has 51 heavy (non-hydrogen) atoms. The van der Waals surface area contributed by atoms with E-state index in [1.165, 1.54) is 17.0 Å². The first-order valence-corrected chi connectivity index (χ1v) is 17.9. The fourth-order valence-corrected chi connectivity index (χ4v) is 6.86. The number of urea groups is 1. The number of esters is 1. The summed E-state index contributed by atoms with van der Waals surface area (Å²) in [5.74, 6) is -1.29. The summed E-state index contributed by atoms with van der Waals surface area (Å²) in [5.41, 5.74) is 2.37. The highest BCUT2D eigenvalue weighted by Crippen LogP contribution is 2.46. The number of amides is 5. The van der Waals surface area contributed by atoms with Crippen LogP contribution < -0.4 is 15.4 Å². The average Bonchev–Trinajstić information content (AvgIpc) is 3.65. The maximum Gasteiger partial charge on any atom is 0.338 e. The number of hydrogen-bond acceptors (Lipinski definition) is 7. The van der Waals surface area contributed by atoms with Gasteiger partial charge < -0.3 is 25.0 Å². The van der Waals surface area contributed by atoms with E-state index >= 15 is 0 Å². The van der Waals surface area contributed by atoms with Crippen molar-refractivity contribution in [1.82, 2.24) is 20.4 Å². The monoisotopic (exact) mass is 696 g/mol. The third-order valence-electron chi connectivity index (χ3n) is 10.0. The molecule has 0 aliphatic carbocycles. The Labute approximate surface area is 299 Å². The summed E-state index contributed by atoms with van der Waals surface area (Å²) in [6, 6.07) is 22.3. The molecule has 2 fully saturated rings. The molecule has 5 amide bonds. The average molecular weight is 697 g/mol. The number of β-lactam (4-membered cyclic amide) rings is 1. The van der Waals surface area contributed by atoms with Crippen LogP contribution in [0.25, 0.3) is 0 Å². The standard InChI is InChI=1S/C40H48N4O7/c1-5-12-32(29-18-16-27(4)17-19-29)42-39(49)44-37(48)40(6-2,7-3)38(44)51-31-22-20-30(21-23-31)36(47)50-26-34(45)43-24-11-15-33(43)35(46)41-25-28-13-9-8-10-14-28/h8-10,13-14,16-23,32-33,38H,5-7,11-12,15,24-26H2,1-4H3,(H,41,46)(H,42,49)/t32?,33-,38?/m0/s1. The number of likely N-dealkylation sites (tertiary alicyclic amines) is 2. The highest BCUT2D eigenvalue weighted by atomic mass is 16.5. The molecule has 2 unspecified atom stereocenters. The maximum absolute atomic E-state index is 13.6. The van der Waals surface area contributed by atoms with Gasteiger partial charge in [0, 0.05) is 13.1 Å². The lowest BCUT2D eigenvalue weighted by Gasteiger charge is -2.53. The first-order chi connectivity index (χ1) is 24.6. The van der Waals surface area contributed by atoms with Crippen LogP contribution in [0.2, 0.25) is 0 Å². The summed E-state index contributed by atoms with van der Waals surface area (Å²) in [4.78, 5) is 68.5. The van der Waals surface area contributed by atoms with Crippen LogP contribution in [0.1, 0.15) is 92.4 Å². The summed E-state index contributed by atoms with van der Waals surface area (Å²) >= 11 is 0. The van der Waals surface area contributed by atoms with E-state index in [4.69, 9.17) is 9.47 Å². The number of nitrogens with one attached hydrogen (secondary N) is 2. The van der Waals surface area contributed by atoms with E-state index in [9.17, 15) is 24.0 Å². The van der Waals surface area contributed by atoms with Crippen LogP contribution in [-0.4, -0.2) is 64.9 Å². The van der Waals surface area contributed by atoms with Crippen molar-refractivity contribution in [2.75, 3.05) is 13.2 Å². The molecule has 11 nitrogen and oxygen atoms in total. The number of benzene rings is 3. The number of imide groups is 1. The second kappa shape index (κ2) is 16.7. The zero-order valence-electron chi connectivity index (χ0n) is 29.9. The van der Waals surface area contributed by atoms with Gasteiger partial charge in [0.2, 0.25) is 11.8 Å². The minimum Gasteiger partial charge on any atom is -0.469 e. The highest BCUT2D eigenvalue weighted by molar-refractivity contribution is 6.03. The molecule has 0 aromatic heterocycles. The van der Waals surface area contributed by atoms with E-state index in [-0.39, 0.29) is 23.4 Å². The van der Waals surface area contributed by atoms with Crippen molar-refractivity contribution in [1.29, 1.82) is 0 Å². The van der Waals surface area contributed by atoms with Crippen LogP contribution in [0.3, 0.4) is 0 Å². The Morgan fingerprint density at radius 2 is 1.61 bits per heavy atom. The number of carbonyl (C=O) groups is 5. The van der Waals surface area contributed by atoms with Crippen LogP contribution in [0.15, 0.2) is 78.9 Å². The topological polar surface area (TPSA) is 134 Å². The molecule has 0 bridgehead atoms. The molecule has 2 aliphatic heterocycles. The number of carbonyl (C=O) groups excluding carboxylic acids is 5. The second-order valence-corrected chi connectivity index (χ2v) is 13.3. The van der Waals surface area contributed by atoms with Gasteiger partial charge in [-0.15, -0.1) is 0 Å². The van der Waals surface area contributed by atoms with Crippen molar-refractivity contribution >= 4 is 29.7 Å². The van der Waals surface area contributed by atoms with Gasteiger partial charge in [0.25, 0.3) is 5.91 Å². The minimum absolute atomic E-state index is 0.200. The Morgan fingerprint density at radius 1 is 0.922 bits per heavy atom. The predicted molar refractivity (Wildman–Crippen MR) is 191 cm³/mol. The molecule has 5 rings (SSSR count). The first-order valence-electron chi connectivity index (χ1n) is 17.9. The number of hydrogen-bond donors (Lipinski definition) is 2. The van der Waals surface area contributed by atoms with Gasteiger partial charge in [-0.05, 0) is 74.4 Å². The highest BCUT2D eigenvalue weighted by Gasteiger charge is 2.63. The Morgan fingerprint density at radius 3 is 2.25 bits per heavy atom. The smallest absolute Gasteiger partial charge is 0.338 e. The zero-order chi connectivity index (χ0) is 36.5. The van der Waals surface area contributed by atoms with Gasteiger partial charge in [-0.2, -0.15) is 0 Å². The van der Waals surface area contributed by atoms with Gasteiger partial charge in [-0.25, -0.2) is 14.5 Å². The molecule has 11 heteroatoms. The van der Waals surface area contributed by atoms with Crippen molar-refractivity contribution in [3.8, 4) is 5.75 Å². The molecule has 3 aromatic rings. The van der Waals surface area contributed by atoms with Crippen LogP contribution in [0, 0.1) is 12.3 Å². The van der Waals surface area contributed by atoms with E-state index < -0.39 is 42.2 Å². The third kappa shape index (κ3) is 8.24. The SMILES string of the molecule is CCCC(NC(=O)N1C(=O)C(CC)(CC)C1Oc1ccc(C(=O)OCC(=O)N2CCC[C@H]2C(=O)NCc2ccccc2)cc1)c1ccc(C)cc1. The molecule has 0 spiro atoms. The van der Waals surface area contributed by atoms with E-state index in [1.54, 1.807) is 12.1 Å². The minimum atomic E-state index is -0.870. The van der Waals surface area contributed by atoms with Gasteiger partial charge in [-0.1, -0.05) is 87.4 Å². The zero-order valence-corrected chi connectivity index (χ0v) is 29.9. The van der Waals surface area contributed by atoms with Gasteiger partial charge >= 0.3 is 12.0 Å². The fourth-order valence-electron chi connectivity index (χ4n) is 6.86. The second-order valence-electron chi connectivity index (χ2n) is 13.3. The van der Waals surface area contributed by atoms with Crippen molar-refractivity contribution in [3.63, 3.8) is 0 Å². The summed E-state index contributed by atoms with van der Waals surface area (Å²) in [6.45, 7) is 8.13. The van der Waals surface area contributed by atoms with Crippen LogP contribution in [0.4, 0.5) is 4.79 Å². The number of aryl methyl sites for hydroxylation is 1. The molecule has 2 aliphatic rings. The summed E-state index contributed by atoms with van der Waals surface area (Å²) < 4.78 is 11.6. The summed E-state index contributed by atoms with van der Waals surface area (Å²) in [7, 11) is 0.